The van der Waals surface area contributed by atoms with Gasteiger partial charge in [0.05, 0.1) is 5.39 Å². The first-order chi connectivity index (χ1) is 13.6. The average Bonchev–Trinajstić information content (AvgIpc) is 2.93. The zero-order valence-electron chi connectivity index (χ0n) is 17.9. The number of alkyl carbamates (subject to hydrolysis) is 1. The fraction of sp³-hybridized carbons (Fsp3) is 0.409. The Kier molecular flexibility index (Phi) is 5.77. The number of nitrogens with zero attached hydrogens (tertiary/aromatic N) is 2. The number of aromatic nitrogens is 3. The normalized spacial score (nSPS) is 12.6. The predicted molar refractivity (Wildman–Crippen MR) is 116 cm³/mol. The zero-order valence-corrected chi connectivity index (χ0v) is 17.9. The van der Waals surface area contributed by atoms with Crippen molar-refractivity contribution in [3.63, 3.8) is 0 Å². The molecule has 0 aliphatic heterocycles. The van der Waals surface area contributed by atoms with Gasteiger partial charge in [-0.2, -0.15) is 0 Å². The Morgan fingerprint density at radius 3 is 2.52 bits per heavy atom. The summed E-state index contributed by atoms with van der Waals surface area (Å²) in [7, 11) is 0. The molecule has 3 aromatic rings. The van der Waals surface area contributed by atoms with Crippen LogP contribution in [0.2, 0.25) is 0 Å². The summed E-state index contributed by atoms with van der Waals surface area (Å²) in [4.78, 5) is 24.8. The van der Waals surface area contributed by atoms with Crippen molar-refractivity contribution in [2.75, 3.05) is 11.9 Å². The fourth-order valence-electron chi connectivity index (χ4n) is 3.02. The first-order valence-corrected chi connectivity index (χ1v) is 9.80. The third-order valence-electron chi connectivity index (χ3n) is 4.52. The van der Waals surface area contributed by atoms with Gasteiger partial charge in [0, 0.05) is 23.8 Å². The summed E-state index contributed by atoms with van der Waals surface area (Å²) in [5.41, 5.74) is 3.38. The Labute approximate surface area is 171 Å². The maximum atomic E-state index is 11.9. The van der Waals surface area contributed by atoms with Crippen LogP contribution in [-0.4, -0.2) is 39.2 Å². The molecule has 0 aliphatic rings. The largest absolute Gasteiger partial charge is 0.444 e. The average molecular weight is 396 g/mol. The Balaban J connectivity index is 1.84. The summed E-state index contributed by atoms with van der Waals surface area (Å²) < 4.78 is 5.30. The molecule has 0 saturated heterocycles. The highest BCUT2D eigenvalue weighted by molar-refractivity contribution is 5.92. The molecule has 0 bridgehead atoms. The Morgan fingerprint density at radius 1 is 1.17 bits per heavy atom. The number of hydrogen-bond acceptors (Lipinski definition) is 5. The minimum Gasteiger partial charge on any atom is -0.444 e. The second-order valence-corrected chi connectivity index (χ2v) is 8.29. The first kappa shape index (κ1) is 20.6. The van der Waals surface area contributed by atoms with E-state index in [1.54, 1.807) is 0 Å². The van der Waals surface area contributed by atoms with Crippen molar-refractivity contribution in [3.8, 4) is 11.4 Å². The van der Waals surface area contributed by atoms with Crippen molar-refractivity contribution in [2.24, 2.45) is 0 Å². The van der Waals surface area contributed by atoms with E-state index in [2.05, 4.69) is 22.5 Å². The Bertz CT molecular complexity index is 1010. The lowest BCUT2D eigenvalue weighted by Crippen LogP contribution is -2.38. The van der Waals surface area contributed by atoms with Crippen molar-refractivity contribution >= 4 is 22.9 Å². The van der Waals surface area contributed by atoms with Gasteiger partial charge >= 0.3 is 6.09 Å². The number of ether oxygens (including phenoxy) is 1. The van der Waals surface area contributed by atoms with Gasteiger partial charge in [0.2, 0.25) is 0 Å². The van der Waals surface area contributed by atoms with Crippen LogP contribution in [0.25, 0.3) is 22.4 Å². The molecule has 0 saturated carbocycles. The molecule has 0 fully saturated rings. The number of anilines is 1. The number of amides is 1. The number of aromatic amines is 1. The monoisotopic (exact) mass is 395 g/mol. The lowest BCUT2D eigenvalue weighted by atomic mass is 10.1. The third-order valence-corrected chi connectivity index (χ3v) is 4.52. The number of aryl methyl sites for hydroxylation is 2. The SMILES string of the molecule is Cc1[nH]c2nc(-c3ccccc3)nc(NC(C)CNC(=O)OC(C)(C)C)c2c1C. The van der Waals surface area contributed by atoms with Gasteiger partial charge in [0.25, 0.3) is 0 Å². The molecule has 1 atom stereocenters. The number of rotatable bonds is 5. The minimum atomic E-state index is -0.524. The van der Waals surface area contributed by atoms with Crippen molar-refractivity contribution in [1.82, 2.24) is 20.3 Å². The summed E-state index contributed by atoms with van der Waals surface area (Å²) in [5.74, 6) is 1.39. The minimum absolute atomic E-state index is 0.0566. The number of hydrogen-bond donors (Lipinski definition) is 3. The van der Waals surface area contributed by atoms with E-state index in [0.29, 0.717) is 12.4 Å². The second-order valence-electron chi connectivity index (χ2n) is 8.29. The molecule has 29 heavy (non-hydrogen) atoms. The first-order valence-electron chi connectivity index (χ1n) is 9.80. The molecule has 1 amide bonds. The van der Waals surface area contributed by atoms with Crippen molar-refractivity contribution in [2.45, 2.75) is 53.2 Å². The lowest BCUT2D eigenvalue weighted by molar-refractivity contribution is 0.0526. The molecule has 0 spiro atoms. The summed E-state index contributed by atoms with van der Waals surface area (Å²) >= 11 is 0. The van der Waals surface area contributed by atoms with Crippen LogP contribution in [0.5, 0.6) is 0 Å². The standard InChI is InChI=1S/C22H29N5O2/c1-13(12-23-21(28)29-22(4,5)6)24-19-17-14(2)15(3)25-20(17)27-18(26-19)16-10-8-7-9-11-16/h7-11,13H,12H2,1-6H3,(H,23,28)(H2,24,25,26,27). The number of nitrogens with one attached hydrogen (secondary N) is 3. The van der Waals surface area contributed by atoms with E-state index in [0.717, 1.165) is 33.7 Å². The van der Waals surface area contributed by atoms with E-state index < -0.39 is 11.7 Å². The predicted octanol–water partition coefficient (Wildman–Crippen LogP) is 4.57. The molecule has 2 aromatic heterocycles. The molecule has 1 unspecified atom stereocenters. The molecule has 2 heterocycles. The number of H-pyrrole nitrogens is 1. The van der Waals surface area contributed by atoms with E-state index in [4.69, 9.17) is 14.7 Å². The molecule has 3 N–H and O–H groups in total. The smallest absolute Gasteiger partial charge is 0.407 e. The maximum Gasteiger partial charge on any atom is 0.407 e. The van der Waals surface area contributed by atoms with Gasteiger partial charge in [-0.15, -0.1) is 0 Å². The van der Waals surface area contributed by atoms with Crippen LogP contribution >= 0.6 is 0 Å². The van der Waals surface area contributed by atoms with E-state index in [-0.39, 0.29) is 6.04 Å². The highest BCUT2D eigenvalue weighted by atomic mass is 16.6. The van der Waals surface area contributed by atoms with E-state index in [1.165, 1.54) is 0 Å². The van der Waals surface area contributed by atoms with Gasteiger partial charge < -0.3 is 20.4 Å². The van der Waals surface area contributed by atoms with Crippen LogP contribution in [0.3, 0.4) is 0 Å². The van der Waals surface area contributed by atoms with Crippen molar-refractivity contribution < 1.29 is 9.53 Å². The van der Waals surface area contributed by atoms with Crippen molar-refractivity contribution in [3.05, 3.63) is 41.6 Å². The highest BCUT2D eigenvalue weighted by Crippen LogP contribution is 2.29. The lowest BCUT2D eigenvalue weighted by Gasteiger charge is -2.21. The zero-order chi connectivity index (χ0) is 21.2. The highest BCUT2D eigenvalue weighted by Gasteiger charge is 2.19. The molecule has 7 nitrogen and oxygen atoms in total. The van der Waals surface area contributed by atoms with Gasteiger partial charge in [-0.3, -0.25) is 0 Å². The van der Waals surface area contributed by atoms with Crippen molar-refractivity contribution in [1.29, 1.82) is 0 Å². The molecule has 3 rings (SSSR count). The number of benzene rings is 1. The molecular formula is C22H29N5O2. The number of carbonyl (C=O) groups excluding carboxylic acids is 1. The summed E-state index contributed by atoms with van der Waals surface area (Å²) in [6.07, 6.45) is -0.433. The third kappa shape index (κ3) is 5.04. The Hall–Kier alpha value is -3.09. The van der Waals surface area contributed by atoms with Gasteiger partial charge in [-0.1, -0.05) is 30.3 Å². The quantitative estimate of drug-likeness (QED) is 0.589. The van der Waals surface area contributed by atoms with E-state index >= 15 is 0 Å². The van der Waals surface area contributed by atoms with Crippen LogP contribution < -0.4 is 10.6 Å². The topological polar surface area (TPSA) is 91.9 Å². The number of fused-ring (bicyclic) bond motifs is 1. The van der Waals surface area contributed by atoms with Crippen LogP contribution in [0.15, 0.2) is 30.3 Å². The molecular weight excluding hydrogens is 366 g/mol. The second kappa shape index (κ2) is 8.11. The number of carbonyl (C=O) groups is 1. The molecule has 0 aliphatic carbocycles. The van der Waals surface area contributed by atoms with Gasteiger partial charge in [0.1, 0.15) is 17.1 Å². The molecule has 0 radical (unpaired) electrons. The van der Waals surface area contributed by atoms with Gasteiger partial charge in [-0.05, 0) is 47.1 Å². The van der Waals surface area contributed by atoms with Gasteiger partial charge in [0.15, 0.2) is 5.82 Å². The van der Waals surface area contributed by atoms with Gasteiger partial charge in [-0.25, -0.2) is 14.8 Å². The fourth-order valence-corrected chi connectivity index (χ4v) is 3.02. The summed E-state index contributed by atoms with van der Waals surface area (Å²) in [5, 5.41) is 7.19. The summed E-state index contributed by atoms with van der Waals surface area (Å²) in [6, 6.07) is 9.82. The van der Waals surface area contributed by atoms with E-state index in [9.17, 15) is 4.79 Å². The van der Waals surface area contributed by atoms with Crippen LogP contribution in [0.1, 0.15) is 39.0 Å². The summed E-state index contributed by atoms with van der Waals surface area (Å²) in [6.45, 7) is 12.0. The molecule has 154 valence electrons. The van der Waals surface area contributed by atoms with Crippen LogP contribution in [-0.2, 0) is 4.74 Å². The van der Waals surface area contributed by atoms with E-state index in [1.807, 2.05) is 65.0 Å². The van der Waals surface area contributed by atoms with Crippen LogP contribution in [0, 0.1) is 13.8 Å². The van der Waals surface area contributed by atoms with Crippen LogP contribution in [0.4, 0.5) is 10.6 Å². The molecule has 1 aromatic carbocycles. The maximum absolute atomic E-state index is 11.9. The Morgan fingerprint density at radius 2 is 1.86 bits per heavy atom. The molecule has 7 heteroatoms.